The largest absolute Gasteiger partial charge is 0.491 e. The van der Waals surface area contributed by atoms with Gasteiger partial charge in [-0.1, -0.05) is 39.8 Å². The Morgan fingerprint density at radius 2 is 1.38 bits per heavy atom. The molecule has 1 heterocycles. The summed E-state index contributed by atoms with van der Waals surface area (Å²) in [5.74, 6) is 1.89. The molecule has 1 unspecified atom stereocenters. The summed E-state index contributed by atoms with van der Waals surface area (Å²) in [7, 11) is 0. The summed E-state index contributed by atoms with van der Waals surface area (Å²) in [6, 6.07) is 16.0. The molecular formula is C22H26N2O2. The molecule has 0 saturated heterocycles. The highest BCUT2D eigenvalue weighted by Gasteiger charge is 2.15. The van der Waals surface area contributed by atoms with E-state index in [1.54, 1.807) is 0 Å². The Bertz CT molecular complexity index is 843. The van der Waals surface area contributed by atoms with Crippen molar-refractivity contribution in [2.24, 2.45) is 0 Å². The zero-order chi connectivity index (χ0) is 18.7. The lowest BCUT2D eigenvalue weighted by atomic mass is 9.87. The normalized spacial score (nSPS) is 12.8. The third kappa shape index (κ3) is 4.13. The van der Waals surface area contributed by atoms with Gasteiger partial charge in [0, 0.05) is 11.1 Å². The van der Waals surface area contributed by atoms with Gasteiger partial charge in [0.2, 0.25) is 11.8 Å². The maximum atomic E-state index is 5.86. The fraction of sp³-hybridized carbons (Fsp3) is 0.364. The standard InChI is InChI=1S/C22H26N2O2/c1-6-15(2)25-19-13-9-17(10-14-19)21-24-23-20(26-21)16-7-11-18(12-8-16)22(3,4)5/h7-15H,6H2,1-5H3. The second-order valence-corrected chi connectivity index (χ2v) is 7.60. The van der Waals surface area contributed by atoms with Crippen LogP contribution in [0.2, 0.25) is 0 Å². The van der Waals surface area contributed by atoms with Crippen LogP contribution in [0.25, 0.3) is 22.9 Å². The minimum absolute atomic E-state index is 0.123. The summed E-state index contributed by atoms with van der Waals surface area (Å²) in [5, 5.41) is 8.37. The van der Waals surface area contributed by atoms with Crippen LogP contribution in [0, 0.1) is 0 Å². The van der Waals surface area contributed by atoms with Crippen LogP contribution in [0.3, 0.4) is 0 Å². The molecule has 0 aliphatic carbocycles. The van der Waals surface area contributed by atoms with E-state index in [0.717, 1.165) is 23.3 Å². The summed E-state index contributed by atoms with van der Waals surface area (Å²) in [4.78, 5) is 0. The number of aromatic nitrogens is 2. The first-order chi connectivity index (χ1) is 12.4. The molecule has 0 fully saturated rings. The van der Waals surface area contributed by atoms with Gasteiger partial charge in [0.15, 0.2) is 0 Å². The van der Waals surface area contributed by atoms with Gasteiger partial charge < -0.3 is 9.15 Å². The van der Waals surface area contributed by atoms with Crippen molar-refractivity contribution in [3.05, 3.63) is 54.1 Å². The smallest absolute Gasteiger partial charge is 0.248 e. The molecule has 3 aromatic rings. The van der Waals surface area contributed by atoms with Gasteiger partial charge in [-0.25, -0.2) is 0 Å². The van der Waals surface area contributed by atoms with Gasteiger partial charge in [-0.3, -0.25) is 0 Å². The van der Waals surface area contributed by atoms with Gasteiger partial charge in [0.25, 0.3) is 0 Å². The summed E-state index contributed by atoms with van der Waals surface area (Å²) in [6.07, 6.45) is 1.18. The molecular weight excluding hydrogens is 324 g/mol. The highest BCUT2D eigenvalue weighted by atomic mass is 16.5. The predicted molar refractivity (Wildman–Crippen MR) is 104 cm³/mol. The van der Waals surface area contributed by atoms with Crippen molar-refractivity contribution in [1.82, 2.24) is 10.2 Å². The molecule has 4 nitrogen and oxygen atoms in total. The summed E-state index contributed by atoms with van der Waals surface area (Å²) in [6.45, 7) is 10.8. The zero-order valence-electron chi connectivity index (χ0n) is 16.1. The fourth-order valence-corrected chi connectivity index (χ4v) is 2.56. The van der Waals surface area contributed by atoms with Crippen molar-refractivity contribution in [2.45, 2.75) is 52.6 Å². The highest BCUT2D eigenvalue weighted by molar-refractivity contribution is 5.59. The third-order valence-electron chi connectivity index (χ3n) is 4.44. The van der Waals surface area contributed by atoms with Crippen LogP contribution < -0.4 is 4.74 Å². The number of ether oxygens (including phenoxy) is 1. The molecule has 136 valence electrons. The van der Waals surface area contributed by atoms with Crippen LogP contribution in [0.1, 0.15) is 46.6 Å². The van der Waals surface area contributed by atoms with Gasteiger partial charge in [-0.05, 0) is 60.7 Å². The number of nitrogens with zero attached hydrogens (tertiary/aromatic N) is 2. The maximum absolute atomic E-state index is 5.86. The van der Waals surface area contributed by atoms with Crippen molar-refractivity contribution >= 4 is 0 Å². The van der Waals surface area contributed by atoms with Crippen molar-refractivity contribution in [1.29, 1.82) is 0 Å². The van der Waals surface area contributed by atoms with Gasteiger partial charge in [-0.15, -0.1) is 10.2 Å². The van der Waals surface area contributed by atoms with E-state index in [1.165, 1.54) is 5.56 Å². The molecule has 0 bridgehead atoms. The number of benzene rings is 2. The fourth-order valence-electron chi connectivity index (χ4n) is 2.56. The topological polar surface area (TPSA) is 48.2 Å². The minimum Gasteiger partial charge on any atom is -0.491 e. The van der Waals surface area contributed by atoms with Crippen molar-refractivity contribution in [2.75, 3.05) is 0 Å². The van der Waals surface area contributed by atoms with E-state index in [2.05, 4.69) is 56.9 Å². The molecule has 1 atom stereocenters. The quantitative estimate of drug-likeness (QED) is 0.576. The molecule has 0 spiro atoms. The Morgan fingerprint density at radius 3 is 1.85 bits per heavy atom. The Hall–Kier alpha value is -2.62. The zero-order valence-corrected chi connectivity index (χ0v) is 16.1. The van der Waals surface area contributed by atoms with E-state index >= 15 is 0 Å². The molecule has 3 rings (SSSR count). The van der Waals surface area contributed by atoms with Crippen molar-refractivity contribution in [3.8, 4) is 28.7 Å². The van der Waals surface area contributed by atoms with Crippen molar-refractivity contribution < 1.29 is 9.15 Å². The first kappa shape index (κ1) is 18.2. The van der Waals surface area contributed by atoms with E-state index in [-0.39, 0.29) is 11.5 Å². The average Bonchev–Trinajstić information content (AvgIpc) is 3.12. The second kappa shape index (κ2) is 7.32. The first-order valence-corrected chi connectivity index (χ1v) is 9.08. The van der Waals surface area contributed by atoms with E-state index in [1.807, 2.05) is 36.4 Å². The Labute approximate surface area is 155 Å². The molecule has 0 aliphatic heterocycles. The summed E-state index contributed by atoms with van der Waals surface area (Å²) in [5.41, 5.74) is 3.20. The van der Waals surface area contributed by atoms with Crippen LogP contribution in [-0.2, 0) is 5.41 Å². The second-order valence-electron chi connectivity index (χ2n) is 7.60. The Kier molecular flexibility index (Phi) is 5.12. The van der Waals surface area contributed by atoms with Gasteiger partial charge in [0.05, 0.1) is 6.10 Å². The average molecular weight is 350 g/mol. The minimum atomic E-state index is 0.123. The molecule has 4 heteroatoms. The number of rotatable bonds is 5. The van der Waals surface area contributed by atoms with Crippen LogP contribution >= 0.6 is 0 Å². The summed E-state index contributed by atoms with van der Waals surface area (Å²) >= 11 is 0. The lowest BCUT2D eigenvalue weighted by Crippen LogP contribution is -2.10. The monoisotopic (exact) mass is 350 g/mol. The molecule has 0 amide bonds. The SMILES string of the molecule is CCC(C)Oc1ccc(-c2nnc(-c3ccc(C(C)(C)C)cc3)o2)cc1. The molecule has 0 N–H and O–H groups in total. The Balaban J connectivity index is 1.77. The van der Waals surface area contributed by atoms with Gasteiger partial charge in [0.1, 0.15) is 5.75 Å². The van der Waals surface area contributed by atoms with E-state index in [4.69, 9.17) is 9.15 Å². The first-order valence-electron chi connectivity index (χ1n) is 9.08. The Morgan fingerprint density at radius 1 is 0.885 bits per heavy atom. The lowest BCUT2D eigenvalue weighted by molar-refractivity contribution is 0.217. The number of hydrogen-bond donors (Lipinski definition) is 0. The molecule has 26 heavy (non-hydrogen) atoms. The summed E-state index contributed by atoms with van der Waals surface area (Å²) < 4.78 is 11.7. The molecule has 1 aromatic heterocycles. The van der Waals surface area contributed by atoms with Crippen LogP contribution in [0.5, 0.6) is 5.75 Å². The predicted octanol–water partition coefficient (Wildman–Crippen LogP) is 5.88. The van der Waals surface area contributed by atoms with Gasteiger partial charge in [-0.2, -0.15) is 0 Å². The molecule has 0 aliphatic rings. The molecule has 0 radical (unpaired) electrons. The number of hydrogen-bond acceptors (Lipinski definition) is 4. The van der Waals surface area contributed by atoms with Crippen LogP contribution in [-0.4, -0.2) is 16.3 Å². The van der Waals surface area contributed by atoms with Crippen LogP contribution in [0.15, 0.2) is 52.9 Å². The van der Waals surface area contributed by atoms with E-state index in [0.29, 0.717) is 11.8 Å². The third-order valence-corrected chi connectivity index (χ3v) is 4.44. The van der Waals surface area contributed by atoms with E-state index < -0.39 is 0 Å². The van der Waals surface area contributed by atoms with Crippen molar-refractivity contribution in [3.63, 3.8) is 0 Å². The lowest BCUT2D eigenvalue weighted by Gasteiger charge is -2.18. The van der Waals surface area contributed by atoms with Crippen LogP contribution in [0.4, 0.5) is 0 Å². The van der Waals surface area contributed by atoms with E-state index in [9.17, 15) is 0 Å². The maximum Gasteiger partial charge on any atom is 0.248 e. The van der Waals surface area contributed by atoms with Gasteiger partial charge >= 0.3 is 0 Å². The highest BCUT2D eigenvalue weighted by Crippen LogP contribution is 2.28. The molecule has 0 saturated carbocycles. The molecule has 2 aromatic carbocycles.